The number of halogens is 1. The van der Waals surface area contributed by atoms with Crippen molar-refractivity contribution in [3.8, 4) is 17.0 Å². The number of methoxy groups -OCH3 is 1. The van der Waals surface area contributed by atoms with Crippen LogP contribution >= 0.6 is 11.6 Å². The van der Waals surface area contributed by atoms with Crippen molar-refractivity contribution >= 4 is 11.6 Å². The molecule has 2 heterocycles. The molecule has 4 nitrogen and oxygen atoms in total. The van der Waals surface area contributed by atoms with Crippen molar-refractivity contribution in [1.82, 2.24) is 15.0 Å². The van der Waals surface area contributed by atoms with Crippen LogP contribution in [0.15, 0.2) is 24.5 Å². The lowest BCUT2D eigenvalue weighted by Gasteiger charge is -2.04. The SMILES string of the molecule is COc1cncc(-c2cc(Cl)nc(C)n2)c1. The maximum atomic E-state index is 5.87. The monoisotopic (exact) mass is 235 g/mol. The molecule has 0 fully saturated rings. The molecular formula is C11H10ClN3O. The summed E-state index contributed by atoms with van der Waals surface area (Å²) >= 11 is 5.87. The molecule has 0 amide bonds. The van der Waals surface area contributed by atoms with Gasteiger partial charge in [0.1, 0.15) is 16.7 Å². The first-order valence-corrected chi connectivity index (χ1v) is 5.07. The number of aromatic nitrogens is 3. The zero-order chi connectivity index (χ0) is 11.5. The van der Waals surface area contributed by atoms with E-state index in [0.717, 1.165) is 11.3 Å². The van der Waals surface area contributed by atoms with Crippen LogP contribution in [0, 0.1) is 6.92 Å². The predicted octanol–water partition coefficient (Wildman–Crippen LogP) is 2.51. The number of aryl methyl sites for hydroxylation is 1. The Kier molecular flexibility index (Phi) is 3.01. The molecule has 0 aliphatic rings. The molecular weight excluding hydrogens is 226 g/mol. The summed E-state index contributed by atoms with van der Waals surface area (Å²) in [5.41, 5.74) is 1.59. The van der Waals surface area contributed by atoms with E-state index in [1.165, 1.54) is 0 Å². The standard InChI is InChI=1S/C11H10ClN3O/c1-7-14-10(4-11(12)15-7)8-3-9(16-2)6-13-5-8/h3-6H,1-2H3. The van der Waals surface area contributed by atoms with Crippen molar-refractivity contribution in [1.29, 1.82) is 0 Å². The van der Waals surface area contributed by atoms with E-state index >= 15 is 0 Å². The van der Waals surface area contributed by atoms with E-state index in [0.29, 0.717) is 16.7 Å². The Hall–Kier alpha value is -1.68. The van der Waals surface area contributed by atoms with Crippen molar-refractivity contribution in [2.75, 3.05) is 7.11 Å². The number of hydrogen-bond acceptors (Lipinski definition) is 4. The Morgan fingerprint density at radius 3 is 2.69 bits per heavy atom. The lowest BCUT2D eigenvalue weighted by molar-refractivity contribution is 0.413. The van der Waals surface area contributed by atoms with Crippen LogP contribution < -0.4 is 4.74 Å². The summed E-state index contributed by atoms with van der Waals surface area (Å²) in [4.78, 5) is 12.4. The lowest BCUT2D eigenvalue weighted by atomic mass is 10.2. The maximum Gasteiger partial charge on any atom is 0.137 e. The van der Waals surface area contributed by atoms with Crippen molar-refractivity contribution in [2.24, 2.45) is 0 Å². The van der Waals surface area contributed by atoms with Gasteiger partial charge in [0.25, 0.3) is 0 Å². The number of hydrogen-bond donors (Lipinski definition) is 0. The van der Waals surface area contributed by atoms with Gasteiger partial charge in [0.15, 0.2) is 0 Å². The van der Waals surface area contributed by atoms with Crippen molar-refractivity contribution < 1.29 is 4.74 Å². The van der Waals surface area contributed by atoms with Crippen molar-refractivity contribution in [3.63, 3.8) is 0 Å². The summed E-state index contributed by atoms with van der Waals surface area (Å²) in [5, 5.41) is 0.422. The fraction of sp³-hybridized carbons (Fsp3) is 0.182. The van der Waals surface area contributed by atoms with Crippen LogP contribution in [0.3, 0.4) is 0 Å². The first-order valence-electron chi connectivity index (χ1n) is 4.69. The van der Waals surface area contributed by atoms with Crippen LogP contribution in [0.1, 0.15) is 5.82 Å². The molecule has 0 aliphatic carbocycles. The van der Waals surface area contributed by atoms with Gasteiger partial charge in [-0.1, -0.05) is 11.6 Å². The van der Waals surface area contributed by atoms with Gasteiger partial charge >= 0.3 is 0 Å². The van der Waals surface area contributed by atoms with Crippen molar-refractivity contribution in [2.45, 2.75) is 6.92 Å². The maximum absolute atomic E-state index is 5.87. The van der Waals surface area contributed by atoms with Gasteiger partial charge in [-0.2, -0.15) is 0 Å². The highest BCUT2D eigenvalue weighted by atomic mass is 35.5. The van der Waals surface area contributed by atoms with E-state index in [2.05, 4.69) is 15.0 Å². The van der Waals surface area contributed by atoms with Gasteiger partial charge in [-0.3, -0.25) is 4.98 Å². The summed E-state index contributed by atoms with van der Waals surface area (Å²) in [6.45, 7) is 1.79. The second kappa shape index (κ2) is 4.45. The quantitative estimate of drug-likeness (QED) is 0.751. The van der Waals surface area contributed by atoms with Gasteiger partial charge < -0.3 is 4.74 Å². The molecule has 0 spiro atoms. The van der Waals surface area contributed by atoms with Gasteiger partial charge in [-0.15, -0.1) is 0 Å². The summed E-state index contributed by atoms with van der Waals surface area (Å²) in [7, 11) is 1.60. The Morgan fingerprint density at radius 2 is 2.00 bits per heavy atom. The zero-order valence-corrected chi connectivity index (χ0v) is 9.69. The first kappa shape index (κ1) is 10.8. The predicted molar refractivity (Wildman–Crippen MR) is 61.6 cm³/mol. The zero-order valence-electron chi connectivity index (χ0n) is 8.94. The van der Waals surface area contributed by atoms with E-state index in [-0.39, 0.29) is 0 Å². The molecule has 2 aromatic heterocycles. The Labute approximate surface area is 98.3 Å². The molecule has 2 aromatic rings. The topological polar surface area (TPSA) is 47.9 Å². The molecule has 0 aromatic carbocycles. The van der Waals surface area contributed by atoms with Crippen molar-refractivity contribution in [3.05, 3.63) is 35.5 Å². The van der Waals surface area contributed by atoms with Crippen LogP contribution in [-0.4, -0.2) is 22.1 Å². The molecule has 2 rings (SSSR count). The second-order valence-electron chi connectivity index (χ2n) is 3.24. The third-order valence-corrected chi connectivity index (χ3v) is 2.24. The molecule has 16 heavy (non-hydrogen) atoms. The first-order chi connectivity index (χ1) is 7.69. The van der Waals surface area contributed by atoms with Crippen LogP contribution in [0.25, 0.3) is 11.3 Å². The highest BCUT2D eigenvalue weighted by Gasteiger charge is 2.04. The molecule has 0 saturated carbocycles. The van der Waals surface area contributed by atoms with E-state index in [1.54, 1.807) is 32.5 Å². The fourth-order valence-electron chi connectivity index (χ4n) is 1.35. The number of pyridine rings is 1. The average molecular weight is 236 g/mol. The highest BCUT2D eigenvalue weighted by Crippen LogP contribution is 2.22. The third-order valence-electron chi connectivity index (χ3n) is 2.05. The second-order valence-corrected chi connectivity index (χ2v) is 3.62. The van der Waals surface area contributed by atoms with Crippen LogP contribution in [0.5, 0.6) is 5.75 Å². The average Bonchev–Trinajstić information content (AvgIpc) is 2.28. The molecule has 0 N–H and O–H groups in total. The van der Waals surface area contributed by atoms with E-state index in [1.807, 2.05) is 6.07 Å². The third kappa shape index (κ3) is 2.28. The van der Waals surface area contributed by atoms with Crippen LogP contribution in [0.4, 0.5) is 0 Å². The van der Waals surface area contributed by atoms with Gasteiger partial charge in [-0.25, -0.2) is 9.97 Å². The van der Waals surface area contributed by atoms with E-state index in [9.17, 15) is 0 Å². The van der Waals surface area contributed by atoms with Gasteiger partial charge in [0.05, 0.1) is 19.0 Å². The summed E-state index contributed by atoms with van der Waals surface area (Å²) in [6, 6.07) is 3.55. The Balaban J connectivity index is 2.49. The normalized spacial score (nSPS) is 10.2. The number of nitrogens with zero attached hydrogens (tertiary/aromatic N) is 3. The lowest BCUT2D eigenvalue weighted by Crippen LogP contribution is -1.93. The van der Waals surface area contributed by atoms with E-state index in [4.69, 9.17) is 16.3 Å². The molecule has 5 heteroatoms. The van der Waals surface area contributed by atoms with Gasteiger partial charge in [0.2, 0.25) is 0 Å². The van der Waals surface area contributed by atoms with Gasteiger partial charge in [-0.05, 0) is 13.0 Å². The largest absolute Gasteiger partial charge is 0.495 e. The molecule has 0 unspecified atom stereocenters. The molecule has 0 aliphatic heterocycles. The summed E-state index contributed by atoms with van der Waals surface area (Å²) in [5.74, 6) is 1.32. The highest BCUT2D eigenvalue weighted by molar-refractivity contribution is 6.29. The van der Waals surface area contributed by atoms with Crippen LogP contribution in [0.2, 0.25) is 5.15 Å². The molecule has 0 radical (unpaired) electrons. The molecule has 0 saturated heterocycles. The minimum atomic E-state index is 0.422. The molecule has 82 valence electrons. The minimum Gasteiger partial charge on any atom is -0.495 e. The molecule has 0 bridgehead atoms. The minimum absolute atomic E-state index is 0.422. The number of ether oxygens (including phenoxy) is 1. The Morgan fingerprint density at radius 1 is 1.19 bits per heavy atom. The summed E-state index contributed by atoms with van der Waals surface area (Å²) < 4.78 is 5.10. The fourth-order valence-corrected chi connectivity index (χ4v) is 1.58. The Bertz CT molecular complexity index is 496. The van der Waals surface area contributed by atoms with E-state index < -0.39 is 0 Å². The smallest absolute Gasteiger partial charge is 0.137 e. The number of rotatable bonds is 2. The van der Waals surface area contributed by atoms with Crippen LogP contribution in [-0.2, 0) is 0 Å². The molecule has 0 atom stereocenters. The van der Waals surface area contributed by atoms with Gasteiger partial charge in [0, 0.05) is 17.8 Å². The summed E-state index contributed by atoms with van der Waals surface area (Å²) in [6.07, 6.45) is 3.35.